The highest BCUT2D eigenvalue weighted by atomic mass is 32.1. The molecule has 0 amide bonds. The molecule has 0 atom stereocenters. The fourth-order valence-corrected chi connectivity index (χ4v) is 2.95. The number of halogens is 1. The van der Waals surface area contributed by atoms with Gasteiger partial charge in [-0.15, -0.1) is 0 Å². The molecule has 1 aromatic heterocycles. The molecular weight excluding hydrogens is 361 g/mol. The molecule has 0 saturated carbocycles. The molecule has 4 rings (SSSR count). The van der Waals surface area contributed by atoms with E-state index in [9.17, 15) is 4.39 Å². The van der Waals surface area contributed by atoms with Crippen LogP contribution in [0.25, 0.3) is 22.6 Å². The number of fused-ring (bicyclic) bond motifs is 1. The topological polar surface area (TPSA) is 50.1 Å². The highest BCUT2D eigenvalue weighted by molar-refractivity contribution is 7.80. The Kier molecular flexibility index (Phi) is 4.56. The van der Waals surface area contributed by atoms with Crippen molar-refractivity contribution in [2.75, 3.05) is 10.6 Å². The van der Waals surface area contributed by atoms with Gasteiger partial charge in [-0.2, -0.15) is 0 Å². The molecule has 2 N–H and O–H groups in total. The number of aryl methyl sites for hydroxylation is 1. The minimum absolute atomic E-state index is 0.291. The molecule has 0 aliphatic rings. The third-order valence-electron chi connectivity index (χ3n) is 4.01. The number of nitrogens with one attached hydrogen (secondary N) is 2. The summed E-state index contributed by atoms with van der Waals surface area (Å²) in [5, 5.41) is 6.54. The Labute approximate surface area is 161 Å². The Hall–Kier alpha value is -3.25. The number of thiocarbonyl (C=S) groups is 1. The first-order chi connectivity index (χ1) is 13.1. The van der Waals surface area contributed by atoms with Crippen LogP contribution in [0.4, 0.5) is 15.8 Å². The van der Waals surface area contributed by atoms with Crippen molar-refractivity contribution in [1.29, 1.82) is 0 Å². The Morgan fingerprint density at radius 2 is 1.74 bits per heavy atom. The van der Waals surface area contributed by atoms with E-state index in [0.717, 1.165) is 27.9 Å². The predicted molar refractivity (Wildman–Crippen MR) is 110 cm³/mol. The molecule has 4 aromatic rings. The number of rotatable bonds is 3. The van der Waals surface area contributed by atoms with Crippen LogP contribution in [0.1, 0.15) is 5.56 Å². The number of benzene rings is 3. The van der Waals surface area contributed by atoms with Crippen molar-refractivity contribution in [2.45, 2.75) is 6.92 Å². The van der Waals surface area contributed by atoms with Gasteiger partial charge in [-0.05, 0) is 79.3 Å². The highest BCUT2D eigenvalue weighted by Crippen LogP contribution is 2.26. The highest BCUT2D eigenvalue weighted by Gasteiger charge is 2.09. The van der Waals surface area contributed by atoms with Crippen molar-refractivity contribution < 1.29 is 8.81 Å². The van der Waals surface area contributed by atoms with E-state index in [1.165, 1.54) is 12.1 Å². The maximum Gasteiger partial charge on any atom is 0.227 e. The van der Waals surface area contributed by atoms with Gasteiger partial charge < -0.3 is 15.1 Å². The van der Waals surface area contributed by atoms with Gasteiger partial charge in [-0.25, -0.2) is 9.37 Å². The van der Waals surface area contributed by atoms with Gasteiger partial charge in [0.2, 0.25) is 5.89 Å². The summed E-state index contributed by atoms with van der Waals surface area (Å²) in [5.74, 6) is 0.261. The van der Waals surface area contributed by atoms with Crippen LogP contribution >= 0.6 is 12.2 Å². The molecule has 134 valence electrons. The van der Waals surface area contributed by atoms with E-state index in [1.807, 2.05) is 49.4 Å². The Bertz CT molecular complexity index is 1120. The maximum absolute atomic E-state index is 13.0. The zero-order chi connectivity index (χ0) is 18.8. The lowest BCUT2D eigenvalue weighted by atomic mass is 10.2. The standard InChI is InChI=1S/C21H16FN3OS/c1-13-5-10-19-18(11-13)25-20(26-19)14-3-2-4-17(12-14)24-21(27)23-16-8-6-15(22)7-9-16/h2-12H,1H3,(H2,23,24,27). The zero-order valence-corrected chi connectivity index (χ0v) is 15.3. The van der Waals surface area contributed by atoms with Crippen molar-refractivity contribution >= 4 is 39.8 Å². The van der Waals surface area contributed by atoms with Gasteiger partial charge in [-0.3, -0.25) is 0 Å². The number of oxazole rings is 1. The van der Waals surface area contributed by atoms with Crippen LogP contribution in [0.2, 0.25) is 0 Å². The molecule has 0 fully saturated rings. The summed E-state index contributed by atoms with van der Waals surface area (Å²) >= 11 is 5.32. The van der Waals surface area contributed by atoms with E-state index in [-0.39, 0.29) is 5.82 Å². The van der Waals surface area contributed by atoms with Crippen LogP contribution in [0.5, 0.6) is 0 Å². The fourth-order valence-electron chi connectivity index (χ4n) is 2.72. The lowest BCUT2D eigenvalue weighted by molar-refractivity contribution is 0.620. The van der Waals surface area contributed by atoms with Gasteiger partial charge in [-0.1, -0.05) is 12.1 Å². The minimum Gasteiger partial charge on any atom is -0.436 e. The van der Waals surface area contributed by atoms with Crippen molar-refractivity contribution in [3.8, 4) is 11.5 Å². The second kappa shape index (κ2) is 7.17. The van der Waals surface area contributed by atoms with Gasteiger partial charge in [0.1, 0.15) is 11.3 Å². The van der Waals surface area contributed by atoms with E-state index >= 15 is 0 Å². The maximum atomic E-state index is 13.0. The third-order valence-corrected chi connectivity index (χ3v) is 4.22. The largest absolute Gasteiger partial charge is 0.436 e. The Morgan fingerprint density at radius 3 is 2.56 bits per heavy atom. The molecular formula is C21H16FN3OS. The number of anilines is 2. The minimum atomic E-state index is -0.291. The van der Waals surface area contributed by atoms with Crippen LogP contribution in [0.3, 0.4) is 0 Å². The number of aromatic nitrogens is 1. The summed E-state index contributed by atoms with van der Waals surface area (Å²) in [5.41, 5.74) is 5.07. The Balaban J connectivity index is 1.52. The monoisotopic (exact) mass is 377 g/mol. The Morgan fingerprint density at radius 1 is 0.963 bits per heavy atom. The van der Waals surface area contributed by atoms with Gasteiger partial charge in [0, 0.05) is 16.9 Å². The number of hydrogen-bond acceptors (Lipinski definition) is 3. The molecule has 0 bridgehead atoms. The summed E-state index contributed by atoms with van der Waals surface area (Å²) in [6, 6.07) is 19.6. The van der Waals surface area contributed by atoms with Gasteiger partial charge >= 0.3 is 0 Å². The predicted octanol–water partition coefficient (Wildman–Crippen LogP) is 5.75. The molecule has 27 heavy (non-hydrogen) atoms. The molecule has 1 heterocycles. The van der Waals surface area contributed by atoms with E-state index in [1.54, 1.807) is 12.1 Å². The molecule has 0 saturated heterocycles. The van der Waals surface area contributed by atoms with Crippen molar-refractivity contribution in [2.24, 2.45) is 0 Å². The van der Waals surface area contributed by atoms with Crippen molar-refractivity contribution in [3.05, 3.63) is 78.1 Å². The quantitative estimate of drug-likeness (QED) is 0.445. The molecule has 0 radical (unpaired) electrons. The van der Waals surface area contributed by atoms with Crippen LogP contribution in [0.15, 0.2) is 71.1 Å². The summed E-state index contributed by atoms with van der Waals surface area (Å²) in [6.07, 6.45) is 0. The normalized spacial score (nSPS) is 10.7. The van der Waals surface area contributed by atoms with Crippen LogP contribution in [0, 0.1) is 12.7 Å². The first-order valence-corrected chi connectivity index (χ1v) is 8.79. The molecule has 6 heteroatoms. The van der Waals surface area contributed by atoms with Crippen molar-refractivity contribution in [1.82, 2.24) is 4.98 Å². The zero-order valence-electron chi connectivity index (χ0n) is 14.5. The van der Waals surface area contributed by atoms with Crippen LogP contribution in [-0.4, -0.2) is 10.1 Å². The second-order valence-electron chi connectivity index (χ2n) is 6.16. The van der Waals surface area contributed by atoms with Gasteiger partial charge in [0.05, 0.1) is 0 Å². The third kappa shape index (κ3) is 3.96. The van der Waals surface area contributed by atoms with Gasteiger partial charge in [0.15, 0.2) is 10.7 Å². The number of hydrogen-bond donors (Lipinski definition) is 2. The molecule has 3 aromatic carbocycles. The summed E-state index contributed by atoms with van der Waals surface area (Å²) in [6.45, 7) is 2.02. The summed E-state index contributed by atoms with van der Waals surface area (Å²) < 4.78 is 18.8. The average Bonchev–Trinajstić information content (AvgIpc) is 3.07. The molecule has 0 unspecified atom stereocenters. The molecule has 0 aliphatic carbocycles. The fraction of sp³-hybridized carbons (Fsp3) is 0.0476. The summed E-state index contributed by atoms with van der Waals surface area (Å²) in [4.78, 5) is 4.56. The van der Waals surface area contributed by atoms with E-state index in [2.05, 4.69) is 15.6 Å². The molecule has 4 nitrogen and oxygen atoms in total. The first-order valence-electron chi connectivity index (χ1n) is 8.38. The second-order valence-corrected chi connectivity index (χ2v) is 6.57. The van der Waals surface area contributed by atoms with Crippen molar-refractivity contribution in [3.63, 3.8) is 0 Å². The first kappa shape index (κ1) is 17.2. The SMILES string of the molecule is Cc1ccc2oc(-c3cccc(NC(=S)Nc4ccc(F)cc4)c3)nc2c1. The van der Waals surface area contributed by atoms with Crippen LogP contribution in [-0.2, 0) is 0 Å². The summed E-state index contributed by atoms with van der Waals surface area (Å²) in [7, 11) is 0. The lowest BCUT2D eigenvalue weighted by Crippen LogP contribution is -2.19. The van der Waals surface area contributed by atoms with E-state index in [4.69, 9.17) is 16.6 Å². The van der Waals surface area contributed by atoms with Gasteiger partial charge in [0.25, 0.3) is 0 Å². The smallest absolute Gasteiger partial charge is 0.227 e. The van der Waals surface area contributed by atoms with E-state index < -0.39 is 0 Å². The van der Waals surface area contributed by atoms with Crippen LogP contribution < -0.4 is 10.6 Å². The molecule has 0 aliphatic heterocycles. The number of nitrogens with zero attached hydrogens (tertiary/aromatic N) is 1. The average molecular weight is 377 g/mol. The lowest BCUT2D eigenvalue weighted by Gasteiger charge is -2.11. The van der Waals surface area contributed by atoms with E-state index in [0.29, 0.717) is 16.7 Å². The molecule has 0 spiro atoms.